The van der Waals surface area contributed by atoms with Crippen LogP contribution in [0.3, 0.4) is 0 Å². The minimum atomic E-state index is -0.477. The summed E-state index contributed by atoms with van der Waals surface area (Å²) in [6.07, 6.45) is 1.91. The number of anilines is 1. The monoisotopic (exact) mass is 557 g/mol. The van der Waals surface area contributed by atoms with Crippen LogP contribution in [-0.4, -0.2) is 39.5 Å². The lowest BCUT2D eigenvalue weighted by molar-refractivity contribution is -0.384. The number of carbonyl (C=O) groups excluding carboxylic acids is 1. The summed E-state index contributed by atoms with van der Waals surface area (Å²) in [5.74, 6) is 1.26. The molecule has 1 saturated heterocycles. The van der Waals surface area contributed by atoms with Gasteiger partial charge in [-0.3, -0.25) is 19.9 Å². The van der Waals surface area contributed by atoms with E-state index in [1.54, 1.807) is 18.3 Å². The number of carbonyl (C=O) groups is 1. The van der Waals surface area contributed by atoms with Crippen LogP contribution in [0, 0.1) is 17.0 Å². The molecule has 11 heteroatoms. The van der Waals surface area contributed by atoms with Crippen LogP contribution in [-0.2, 0) is 4.79 Å². The molecular weight excluding hydrogens is 530 g/mol. The number of aryl methyl sites for hydroxylation is 1. The van der Waals surface area contributed by atoms with Gasteiger partial charge in [0.05, 0.1) is 35.4 Å². The van der Waals surface area contributed by atoms with Gasteiger partial charge in [-0.15, -0.1) is 0 Å². The van der Waals surface area contributed by atoms with Crippen LogP contribution in [0.2, 0.25) is 0 Å². The van der Waals surface area contributed by atoms with Crippen LogP contribution in [0.5, 0.6) is 5.75 Å². The molecule has 5 rings (SSSR count). The van der Waals surface area contributed by atoms with Crippen molar-refractivity contribution in [2.75, 3.05) is 19.0 Å². The van der Waals surface area contributed by atoms with Crippen molar-refractivity contribution in [1.82, 2.24) is 15.2 Å². The van der Waals surface area contributed by atoms with Crippen molar-refractivity contribution in [3.63, 3.8) is 0 Å². The molecule has 0 bridgehead atoms. The molecule has 1 amide bonds. The van der Waals surface area contributed by atoms with Gasteiger partial charge in [0.15, 0.2) is 5.11 Å². The van der Waals surface area contributed by atoms with E-state index in [2.05, 4.69) is 15.6 Å². The van der Waals surface area contributed by atoms with Crippen LogP contribution in [0.15, 0.2) is 83.4 Å². The van der Waals surface area contributed by atoms with Gasteiger partial charge >= 0.3 is 0 Å². The van der Waals surface area contributed by atoms with Crippen LogP contribution in [0.4, 0.5) is 11.4 Å². The third kappa shape index (κ3) is 5.64. The van der Waals surface area contributed by atoms with Gasteiger partial charge in [-0.25, -0.2) is 0 Å². The molecule has 4 aromatic rings. The Labute approximate surface area is 236 Å². The summed E-state index contributed by atoms with van der Waals surface area (Å²) in [7, 11) is 1.45. The van der Waals surface area contributed by atoms with E-state index in [9.17, 15) is 14.9 Å². The van der Waals surface area contributed by atoms with Crippen LogP contribution < -0.4 is 15.4 Å². The van der Waals surface area contributed by atoms with Crippen molar-refractivity contribution in [1.29, 1.82) is 0 Å². The number of methoxy groups -OCH3 is 1. The van der Waals surface area contributed by atoms with Crippen molar-refractivity contribution in [2.24, 2.45) is 0 Å². The number of furan rings is 1. The van der Waals surface area contributed by atoms with E-state index in [1.807, 2.05) is 60.4 Å². The quantitative estimate of drug-likeness (QED) is 0.154. The van der Waals surface area contributed by atoms with E-state index in [0.717, 1.165) is 16.9 Å². The SMILES string of the molecule is COc1cc([N+](=O)[O-])ccc1-c1ccc([C@@H]2[C@@H](c3ccccn3)NC(=S)N2CCC(=O)Nc2ccc(C)cc2)o1. The van der Waals surface area contributed by atoms with Crippen LogP contribution in [0.25, 0.3) is 11.3 Å². The molecule has 1 aliphatic heterocycles. The molecule has 2 aromatic carbocycles. The van der Waals surface area contributed by atoms with Crippen molar-refractivity contribution in [2.45, 2.75) is 25.4 Å². The number of rotatable bonds is 9. The minimum absolute atomic E-state index is 0.0805. The second kappa shape index (κ2) is 11.5. The Morgan fingerprint density at radius 1 is 1.18 bits per heavy atom. The Hall–Kier alpha value is -4.77. The normalized spacial score (nSPS) is 16.4. The molecule has 1 aliphatic rings. The van der Waals surface area contributed by atoms with E-state index < -0.39 is 11.0 Å². The highest BCUT2D eigenvalue weighted by atomic mass is 32.1. The zero-order valence-corrected chi connectivity index (χ0v) is 22.7. The van der Waals surface area contributed by atoms with Gasteiger partial charge in [-0.1, -0.05) is 23.8 Å². The number of hydrogen-bond donors (Lipinski definition) is 2. The molecule has 2 aromatic heterocycles. The molecule has 0 aliphatic carbocycles. The third-order valence-corrected chi connectivity index (χ3v) is 7.04. The van der Waals surface area contributed by atoms with E-state index in [1.165, 1.54) is 19.2 Å². The van der Waals surface area contributed by atoms with Gasteiger partial charge in [-0.05, 0) is 61.6 Å². The van der Waals surface area contributed by atoms with Crippen molar-refractivity contribution in [3.8, 4) is 17.1 Å². The first kappa shape index (κ1) is 26.8. The summed E-state index contributed by atoms with van der Waals surface area (Å²) in [6, 6.07) is 20.5. The fourth-order valence-electron chi connectivity index (χ4n) is 4.69. The zero-order valence-electron chi connectivity index (χ0n) is 21.9. The van der Waals surface area contributed by atoms with Gasteiger partial charge in [0.1, 0.15) is 23.3 Å². The maximum absolute atomic E-state index is 12.8. The second-order valence-corrected chi connectivity index (χ2v) is 9.71. The standard InChI is InChI=1S/C29H27N5O5S/c1-18-6-8-19(9-7-18)31-26(35)14-16-33-28(27(32-29(33)40)22-5-3-4-15-30-22)24-13-12-23(39-24)21-11-10-20(34(36)37)17-25(21)38-2/h3-13,15,17,27-28H,14,16H2,1-2H3,(H,31,35)(H,32,40)/t27-,28-/m1/s1. The molecular formula is C29H27N5O5S. The van der Waals surface area contributed by atoms with Gasteiger partial charge in [0.25, 0.3) is 5.69 Å². The fourth-order valence-corrected chi connectivity index (χ4v) is 5.02. The number of nitrogens with one attached hydrogen (secondary N) is 2. The predicted molar refractivity (Wildman–Crippen MR) is 154 cm³/mol. The van der Waals surface area contributed by atoms with Crippen LogP contribution in [0.1, 0.15) is 35.5 Å². The summed E-state index contributed by atoms with van der Waals surface area (Å²) >= 11 is 5.70. The molecule has 2 N–H and O–H groups in total. The maximum Gasteiger partial charge on any atom is 0.273 e. The van der Waals surface area contributed by atoms with Crippen molar-refractivity contribution < 1.29 is 18.9 Å². The third-order valence-electron chi connectivity index (χ3n) is 6.69. The molecule has 10 nitrogen and oxygen atoms in total. The maximum atomic E-state index is 12.8. The number of pyridine rings is 1. The molecule has 1 fully saturated rings. The lowest BCUT2D eigenvalue weighted by Crippen LogP contribution is -2.32. The number of amides is 1. The first-order valence-electron chi connectivity index (χ1n) is 12.6. The van der Waals surface area contributed by atoms with E-state index in [4.69, 9.17) is 21.4 Å². The molecule has 0 spiro atoms. The molecule has 3 heterocycles. The first-order chi connectivity index (χ1) is 19.3. The molecule has 40 heavy (non-hydrogen) atoms. The fraction of sp³-hybridized carbons (Fsp3) is 0.207. The number of thiocarbonyl (C=S) groups is 1. The van der Waals surface area contributed by atoms with Gasteiger partial charge in [-0.2, -0.15) is 0 Å². The van der Waals surface area contributed by atoms with Crippen molar-refractivity contribution >= 4 is 34.6 Å². The summed E-state index contributed by atoms with van der Waals surface area (Å²) in [5, 5.41) is 18.0. The molecule has 2 atom stereocenters. The van der Waals surface area contributed by atoms with Gasteiger partial charge in [0, 0.05) is 30.9 Å². The van der Waals surface area contributed by atoms with Gasteiger partial charge in [0.2, 0.25) is 5.91 Å². The topological polar surface area (TPSA) is 123 Å². The number of nitro benzene ring substituents is 1. The Morgan fingerprint density at radius 3 is 2.67 bits per heavy atom. The van der Waals surface area contributed by atoms with Crippen LogP contribution >= 0.6 is 12.2 Å². The largest absolute Gasteiger partial charge is 0.496 e. The Kier molecular flexibility index (Phi) is 7.74. The number of ether oxygens (including phenoxy) is 1. The second-order valence-electron chi connectivity index (χ2n) is 9.33. The summed E-state index contributed by atoms with van der Waals surface area (Å²) in [4.78, 5) is 30.0. The predicted octanol–water partition coefficient (Wildman–Crippen LogP) is 5.57. The number of non-ortho nitro benzene ring substituents is 1. The number of hydrogen-bond acceptors (Lipinski definition) is 7. The average molecular weight is 558 g/mol. The highest BCUT2D eigenvalue weighted by molar-refractivity contribution is 7.80. The van der Waals surface area contributed by atoms with Crippen molar-refractivity contribution in [3.05, 3.63) is 106 Å². The number of benzene rings is 2. The highest BCUT2D eigenvalue weighted by Gasteiger charge is 2.41. The zero-order chi connectivity index (χ0) is 28.2. The summed E-state index contributed by atoms with van der Waals surface area (Å²) in [6.45, 7) is 2.33. The highest BCUT2D eigenvalue weighted by Crippen LogP contribution is 2.42. The molecule has 0 saturated carbocycles. The lowest BCUT2D eigenvalue weighted by Gasteiger charge is -2.25. The summed E-state index contributed by atoms with van der Waals surface area (Å²) < 4.78 is 11.7. The molecule has 0 radical (unpaired) electrons. The smallest absolute Gasteiger partial charge is 0.273 e. The summed E-state index contributed by atoms with van der Waals surface area (Å²) in [5.41, 5.74) is 3.11. The van der Waals surface area contributed by atoms with E-state index >= 15 is 0 Å². The Bertz CT molecular complexity index is 1540. The van der Waals surface area contributed by atoms with Gasteiger partial charge < -0.3 is 24.7 Å². The minimum Gasteiger partial charge on any atom is -0.496 e. The number of nitro groups is 1. The molecule has 204 valence electrons. The average Bonchev–Trinajstić information content (AvgIpc) is 3.57. The van der Waals surface area contributed by atoms with E-state index in [-0.39, 0.29) is 24.1 Å². The van der Waals surface area contributed by atoms with E-state index in [0.29, 0.717) is 34.5 Å². The Balaban J connectivity index is 1.42. The first-order valence-corrected chi connectivity index (χ1v) is 13.0. The Morgan fingerprint density at radius 2 is 1.98 bits per heavy atom. The number of nitrogens with zero attached hydrogens (tertiary/aromatic N) is 3. The lowest BCUT2D eigenvalue weighted by atomic mass is 10.0. The number of aromatic nitrogens is 1. The molecule has 0 unspecified atom stereocenters.